The van der Waals surface area contributed by atoms with E-state index in [0.717, 1.165) is 5.69 Å². The first kappa shape index (κ1) is 14.1. The summed E-state index contributed by atoms with van der Waals surface area (Å²) >= 11 is 0. The molecule has 1 spiro atoms. The number of benzene rings is 3. The van der Waals surface area contributed by atoms with E-state index >= 15 is 0 Å². The molecule has 1 heteroatoms. The van der Waals surface area contributed by atoms with Crippen LogP contribution in [-0.2, 0) is 5.41 Å². The third-order valence-electron chi connectivity index (χ3n) is 6.52. The number of anilines is 1. The van der Waals surface area contributed by atoms with Crippen molar-refractivity contribution in [3.8, 4) is 11.1 Å². The summed E-state index contributed by atoms with van der Waals surface area (Å²) in [6, 6.07) is 24.2. The molecule has 3 unspecified atom stereocenters. The molecule has 6 rings (SSSR count). The highest BCUT2D eigenvalue weighted by Gasteiger charge is 2.57. The molecule has 0 bridgehead atoms. The number of nitrogen functional groups attached to an aromatic ring is 1. The smallest absolute Gasteiger partial charge is 0.0538 e. The molecule has 0 saturated heterocycles. The zero-order chi connectivity index (χ0) is 17.3. The first-order valence-corrected chi connectivity index (χ1v) is 9.26. The van der Waals surface area contributed by atoms with Crippen LogP contribution >= 0.6 is 0 Å². The maximum atomic E-state index is 6.49. The summed E-state index contributed by atoms with van der Waals surface area (Å²) in [7, 11) is 0. The number of hydrogen-bond donors (Lipinski definition) is 1. The lowest BCUT2D eigenvalue weighted by molar-refractivity contribution is 0.465. The monoisotopic (exact) mass is 333 g/mol. The van der Waals surface area contributed by atoms with Crippen LogP contribution in [0.4, 0.5) is 5.69 Å². The van der Waals surface area contributed by atoms with Crippen molar-refractivity contribution >= 4 is 5.69 Å². The molecule has 3 aliphatic rings. The fourth-order valence-electron chi connectivity index (χ4n) is 5.68. The maximum Gasteiger partial charge on any atom is 0.0538 e. The molecule has 124 valence electrons. The second-order valence-corrected chi connectivity index (χ2v) is 7.53. The van der Waals surface area contributed by atoms with Crippen molar-refractivity contribution in [1.29, 1.82) is 0 Å². The minimum Gasteiger partial charge on any atom is -0.398 e. The van der Waals surface area contributed by atoms with E-state index in [-0.39, 0.29) is 5.41 Å². The Bertz CT molecular complexity index is 1120. The Balaban J connectivity index is 1.82. The number of fused-ring (bicyclic) bond motifs is 10. The van der Waals surface area contributed by atoms with Gasteiger partial charge in [0.2, 0.25) is 0 Å². The van der Waals surface area contributed by atoms with Crippen molar-refractivity contribution in [3.05, 3.63) is 113 Å². The van der Waals surface area contributed by atoms with Crippen molar-refractivity contribution in [3.63, 3.8) is 0 Å². The number of hydrogen-bond acceptors (Lipinski definition) is 1. The third kappa shape index (κ3) is 1.44. The first-order chi connectivity index (χ1) is 12.8. The van der Waals surface area contributed by atoms with Crippen LogP contribution in [0.2, 0.25) is 0 Å². The molecule has 26 heavy (non-hydrogen) atoms. The molecule has 3 aromatic rings. The van der Waals surface area contributed by atoms with Gasteiger partial charge in [0, 0.05) is 23.1 Å². The molecule has 3 aromatic carbocycles. The zero-order valence-electron chi connectivity index (χ0n) is 14.4. The number of allylic oxidation sites excluding steroid dienone is 4. The highest BCUT2D eigenvalue weighted by atomic mass is 14.6. The van der Waals surface area contributed by atoms with E-state index in [2.05, 4.69) is 85.0 Å². The third-order valence-corrected chi connectivity index (χ3v) is 6.52. The topological polar surface area (TPSA) is 26.0 Å². The second kappa shape index (κ2) is 4.76. The van der Waals surface area contributed by atoms with Gasteiger partial charge in [0.25, 0.3) is 0 Å². The van der Waals surface area contributed by atoms with Gasteiger partial charge in [0.1, 0.15) is 0 Å². The predicted octanol–water partition coefficient (Wildman–Crippen LogP) is 5.42. The SMILES string of the molecule is Nc1cccc2c1-c1ccccc1C21c2ccccc2C2C=CC=CC21. The average molecular weight is 333 g/mol. The predicted molar refractivity (Wildman–Crippen MR) is 107 cm³/mol. The molecule has 0 fully saturated rings. The molecular weight excluding hydrogens is 314 g/mol. The summed E-state index contributed by atoms with van der Waals surface area (Å²) in [6.07, 6.45) is 9.17. The van der Waals surface area contributed by atoms with Gasteiger partial charge >= 0.3 is 0 Å². The molecule has 1 nitrogen and oxygen atoms in total. The summed E-state index contributed by atoms with van der Waals surface area (Å²) in [5.74, 6) is 0.797. The Hall–Kier alpha value is -3.06. The van der Waals surface area contributed by atoms with Gasteiger partial charge in [-0.1, -0.05) is 85.0 Å². The molecule has 0 saturated carbocycles. The molecule has 2 N–H and O–H groups in total. The minimum atomic E-state index is -0.149. The van der Waals surface area contributed by atoms with E-state index in [9.17, 15) is 0 Å². The zero-order valence-corrected chi connectivity index (χ0v) is 14.4. The molecule has 0 heterocycles. The number of nitrogens with two attached hydrogens (primary N) is 1. The molecule has 3 atom stereocenters. The molecule has 0 aromatic heterocycles. The van der Waals surface area contributed by atoms with Crippen LogP contribution in [0.1, 0.15) is 28.2 Å². The van der Waals surface area contributed by atoms with E-state index in [1.165, 1.54) is 33.4 Å². The van der Waals surface area contributed by atoms with Crippen molar-refractivity contribution < 1.29 is 0 Å². The van der Waals surface area contributed by atoms with Crippen molar-refractivity contribution in [2.24, 2.45) is 5.92 Å². The van der Waals surface area contributed by atoms with Crippen LogP contribution in [0.3, 0.4) is 0 Å². The summed E-state index contributed by atoms with van der Waals surface area (Å²) < 4.78 is 0. The van der Waals surface area contributed by atoms with Gasteiger partial charge in [0.05, 0.1) is 5.41 Å². The van der Waals surface area contributed by atoms with E-state index in [1.54, 1.807) is 0 Å². The van der Waals surface area contributed by atoms with Gasteiger partial charge in [0.15, 0.2) is 0 Å². The lowest BCUT2D eigenvalue weighted by Gasteiger charge is -2.36. The van der Waals surface area contributed by atoms with Gasteiger partial charge in [-0.05, 0) is 33.9 Å². The largest absolute Gasteiger partial charge is 0.398 e. The van der Waals surface area contributed by atoms with E-state index in [4.69, 9.17) is 5.73 Å². The highest BCUT2D eigenvalue weighted by Crippen LogP contribution is 2.65. The minimum absolute atomic E-state index is 0.149. The van der Waals surface area contributed by atoms with Crippen molar-refractivity contribution in [1.82, 2.24) is 0 Å². The summed E-state index contributed by atoms with van der Waals surface area (Å²) in [5.41, 5.74) is 15.4. The summed E-state index contributed by atoms with van der Waals surface area (Å²) in [6.45, 7) is 0. The van der Waals surface area contributed by atoms with Crippen LogP contribution in [0.25, 0.3) is 11.1 Å². The quantitative estimate of drug-likeness (QED) is 0.546. The van der Waals surface area contributed by atoms with Gasteiger partial charge in [-0.25, -0.2) is 0 Å². The first-order valence-electron chi connectivity index (χ1n) is 9.26. The maximum absolute atomic E-state index is 6.49. The van der Waals surface area contributed by atoms with Gasteiger partial charge < -0.3 is 5.73 Å². The van der Waals surface area contributed by atoms with Gasteiger partial charge in [-0.15, -0.1) is 0 Å². The Morgan fingerprint density at radius 3 is 2.35 bits per heavy atom. The van der Waals surface area contributed by atoms with E-state index < -0.39 is 0 Å². The second-order valence-electron chi connectivity index (χ2n) is 7.53. The van der Waals surface area contributed by atoms with Crippen LogP contribution in [0, 0.1) is 5.92 Å². The summed E-state index contributed by atoms with van der Waals surface area (Å²) in [5, 5.41) is 0. The van der Waals surface area contributed by atoms with Crippen LogP contribution in [0.15, 0.2) is 91.0 Å². The van der Waals surface area contributed by atoms with Crippen LogP contribution in [0.5, 0.6) is 0 Å². The average Bonchev–Trinajstić information content (AvgIpc) is 3.16. The highest BCUT2D eigenvalue weighted by molar-refractivity contribution is 5.92. The number of rotatable bonds is 0. The fraction of sp³-hybridized carbons (Fsp3) is 0.120. The Morgan fingerprint density at radius 2 is 1.42 bits per heavy atom. The van der Waals surface area contributed by atoms with Gasteiger partial charge in [-0.3, -0.25) is 0 Å². The Morgan fingerprint density at radius 1 is 0.692 bits per heavy atom. The summed E-state index contributed by atoms with van der Waals surface area (Å²) in [4.78, 5) is 0. The standard InChI is InChI=1S/C25H19N/c26-23-15-7-14-22-24(23)18-10-3-6-13-21(18)25(22)19-11-4-1-8-16(19)17-9-2-5-12-20(17)25/h1-16,19H,26H2. The Labute approximate surface area is 153 Å². The van der Waals surface area contributed by atoms with Crippen LogP contribution in [-0.4, -0.2) is 0 Å². The van der Waals surface area contributed by atoms with Crippen molar-refractivity contribution in [2.45, 2.75) is 11.3 Å². The molecule has 0 aliphatic heterocycles. The van der Waals surface area contributed by atoms with Crippen LogP contribution < -0.4 is 5.73 Å². The molecule has 0 radical (unpaired) electrons. The normalized spacial score (nSPS) is 26.5. The molecular formula is C25H19N. The fourth-order valence-corrected chi connectivity index (χ4v) is 5.68. The lowest BCUT2D eigenvalue weighted by Crippen LogP contribution is -2.32. The van der Waals surface area contributed by atoms with Gasteiger partial charge in [-0.2, -0.15) is 0 Å². The lowest BCUT2D eigenvalue weighted by atomic mass is 9.65. The molecule has 0 amide bonds. The van der Waals surface area contributed by atoms with E-state index in [0.29, 0.717) is 11.8 Å². The van der Waals surface area contributed by atoms with Crippen molar-refractivity contribution in [2.75, 3.05) is 5.73 Å². The Kier molecular flexibility index (Phi) is 2.59. The van der Waals surface area contributed by atoms with E-state index in [1.807, 2.05) is 6.07 Å². The molecule has 3 aliphatic carbocycles.